The number of ether oxygens (including phenoxy) is 1. The number of rotatable bonds is 24. The Morgan fingerprint density at radius 3 is 2.28 bits per heavy atom. The topological polar surface area (TPSA) is 294 Å². The van der Waals surface area contributed by atoms with Gasteiger partial charge in [0.15, 0.2) is 0 Å². The van der Waals surface area contributed by atoms with Gasteiger partial charge in [0.2, 0.25) is 35.4 Å². The first-order chi connectivity index (χ1) is 27.3. The predicted octanol–water partition coefficient (Wildman–Crippen LogP) is -0.503. The number of nitrogens with two attached hydrogens (primary N) is 1. The summed E-state index contributed by atoms with van der Waals surface area (Å²) in [4.78, 5) is 105. The molecule has 6 atom stereocenters. The molecule has 9 N–H and O–H groups in total. The SMILES string of the molecule is CC(C)C[C@H](NC(=O)[C@@H]1CCCN1C(=O)CCOC(C)C)C(=O)N[C@@H](Cc1cncn1CCc1cccs1)C(=O)N[C@@H](CO)C(=O)N[C@H](C(N)=O)[C@@H](C)OP(=O)(O)O. The molecule has 20 nitrogen and oxygen atoms in total. The normalized spacial score (nSPS) is 17.0. The van der Waals surface area contributed by atoms with Gasteiger partial charge >= 0.3 is 7.82 Å². The van der Waals surface area contributed by atoms with Crippen LogP contribution >= 0.6 is 19.2 Å². The van der Waals surface area contributed by atoms with Crippen molar-refractivity contribution in [3.8, 4) is 0 Å². The van der Waals surface area contributed by atoms with E-state index in [1.165, 1.54) is 11.1 Å². The number of phosphoric acid groups is 1. The molecule has 0 aliphatic carbocycles. The van der Waals surface area contributed by atoms with E-state index in [0.717, 1.165) is 11.8 Å². The number of hydrogen-bond donors (Lipinski definition) is 8. The zero-order valence-corrected chi connectivity index (χ0v) is 35.1. The van der Waals surface area contributed by atoms with Crippen LogP contribution in [0.1, 0.15) is 70.9 Å². The van der Waals surface area contributed by atoms with E-state index in [9.17, 15) is 48.2 Å². The van der Waals surface area contributed by atoms with Crippen LogP contribution in [0.2, 0.25) is 0 Å². The van der Waals surface area contributed by atoms with Gasteiger partial charge in [-0.3, -0.25) is 33.3 Å². The molecule has 0 spiro atoms. The van der Waals surface area contributed by atoms with Gasteiger partial charge in [0, 0.05) is 36.3 Å². The van der Waals surface area contributed by atoms with Crippen LogP contribution in [0.25, 0.3) is 0 Å². The van der Waals surface area contributed by atoms with Crippen molar-refractivity contribution in [3.63, 3.8) is 0 Å². The first-order valence-electron chi connectivity index (χ1n) is 19.1. The predicted molar refractivity (Wildman–Crippen MR) is 210 cm³/mol. The van der Waals surface area contributed by atoms with Crippen LogP contribution in [-0.2, 0) is 62.0 Å². The minimum atomic E-state index is -5.11. The summed E-state index contributed by atoms with van der Waals surface area (Å²) in [5.74, 6) is -4.91. The summed E-state index contributed by atoms with van der Waals surface area (Å²) in [6.45, 7) is 8.53. The van der Waals surface area contributed by atoms with E-state index in [0.29, 0.717) is 38.0 Å². The summed E-state index contributed by atoms with van der Waals surface area (Å²) < 4.78 is 23.2. The van der Waals surface area contributed by atoms with Crippen LogP contribution in [-0.4, -0.2) is 127 Å². The quantitative estimate of drug-likeness (QED) is 0.0619. The second kappa shape index (κ2) is 22.8. The van der Waals surface area contributed by atoms with Crippen LogP contribution in [0.4, 0.5) is 0 Å². The highest BCUT2D eigenvalue weighted by atomic mass is 32.1. The Balaban J connectivity index is 1.85. The fourth-order valence-corrected chi connectivity index (χ4v) is 7.60. The average Bonchev–Trinajstić information content (AvgIpc) is 3.93. The average molecular weight is 857 g/mol. The fraction of sp³-hybridized carbons (Fsp3) is 0.639. The van der Waals surface area contributed by atoms with E-state index >= 15 is 0 Å². The maximum absolute atomic E-state index is 14.1. The Hall–Kier alpha value is -4.24. The second-order valence-corrected chi connectivity index (χ2v) is 16.9. The highest BCUT2D eigenvalue weighted by molar-refractivity contribution is 7.46. The maximum atomic E-state index is 14.1. The van der Waals surface area contributed by atoms with Gasteiger partial charge in [0.05, 0.1) is 38.2 Å². The van der Waals surface area contributed by atoms with Gasteiger partial charge < -0.3 is 56.1 Å². The lowest BCUT2D eigenvalue weighted by Crippen LogP contribution is -2.61. The van der Waals surface area contributed by atoms with Crippen LogP contribution in [0.3, 0.4) is 0 Å². The molecule has 0 bridgehead atoms. The number of likely N-dealkylation sites (tertiary alicyclic amines) is 1. The van der Waals surface area contributed by atoms with Crippen molar-refractivity contribution in [1.82, 2.24) is 35.7 Å². The van der Waals surface area contributed by atoms with Gasteiger partial charge in [-0.25, -0.2) is 9.55 Å². The minimum absolute atomic E-state index is 0.0638. The molecule has 0 aromatic carbocycles. The van der Waals surface area contributed by atoms with Crippen molar-refractivity contribution in [2.24, 2.45) is 11.7 Å². The number of phosphoric ester groups is 1. The third-order valence-electron chi connectivity index (χ3n) is 9.20. The van der Waals surface area contributed by atoms with Gasteiger partial charge in [-0.2, -0.15) is 0 Å². The van der Waals surface area contributed by atoms with E-state index in [-0.39, 0.29) is 43.8 Å². The molecule has 1 fully saturated rings. The first kappa shape index (κ1) is 48.1. The number of hydrogen-bond acceptors (Lipinski definition) is 12. The van der Waals surface area contributed by atoms with Crippen LogP contribution in [0.15, 0.2) is 30.0 Å². The molecule has 58 heavy (non-hydrogen) atoms. The molecule has 0 radical (unpaired) electrons. The van der Waals surface area contributed by atoms with Crippen LogP contribution in [0, 0.1) is 5.92 Å². The highest BCUT2D eigenvalue weighted by Crippen LogP contribution is 2.38. The number of nitrogens with one attached hydrogen (secondary N) is 4. The summed E-state index contributed by atoms with van der Waals surface area (Å²) >= 11 is 1.57. The van der Waals surface area contributed by atoms with Crippen molar-refractivity contribution >= 4 is 54.6 Å². The Bertz CT molecular complexity index is 1740. The monoisotopic (exact) mass is 856 g/mol. The molecule has 2 aromatic heterocycles. The zero-order chi connectivity index (χ0) is 43.2. The number of aliphatic hydroxyl groups is 1. The molecule has 1 aliphatic rings. The number of aromatic nitrogens is 2. The summed E-state index contributed by atoms with van der Waals surface area (Å²) in [5.41, 5.74) is 5.87. The molecule has 324 valence electrons. The molecule has 0 unspecified atom stereocenters. The number of carbonyl (C=O) groups is 6. The van der Waals surface area contributed by atoms with E-state index < -0.39 is 80.3 Å². The van der Waals surface area contributed by atoms with Crippen LogP contribution in [0.5, 0.6) is 0 Å². The van der Waals surface area contributed by atoms with Gasteiger partial charge in [0.1, 0.15) is 30.2 Å². The Morgan fingerprint density at radius 1 is 1.00 bits per heavy atom. The lowest BCUT2D eigenvalue weighted by molar-refractivity contribution is -0.140. The number of aryl methyl sites for hydroxylation is 2. The Kier molecular flexibility index (Phi) is 18.9. The zero-order valence-electron chi connectivity index (χ0n) is 33.4. The largest absolute Gasteiger partial charge is 0.469 e. The molecule has 0 saturated carbocycles. The molecule has 1 aliphatic heterocycles. The molecule has 1 saturated heterocycles. The molecular formula is C36H57N8O12PS. The Labute approximate surface area is 341 Å². The van der Waals surface area contributed by atoms with E-state index in [1.54, 1.807) is 22.2 Å². The standard InChI is InChI=1S/C36H57N8O12PS/c1-21(2)16-26(40-36(51)29-9-6-12-44(29)30(46)11-14-55-22(3)4)33(48)39-27(17-24-18-38-20-43(24)13-10-25-8-7-15-58-25)34(49)41-28(19-45)35(50)42-31(32(37)47)23(5)56-57(52,53)54/h7-8,15,18,20-23,26-29,31,45H,6,9-14,16-17,19H2,1-5H3,(H2,37,47)(H,39,48)(H,40,51)(H,41,49)(H,42,50)(H2,52,53,54)/t23-,26+,27+,28+,29+,31+/m1/s1. The van der Waals surface area contributed by atoms with Crippen LogP contribution < -0.4 is 27.0 Å². The van der Waals surface area contributed by atoms with Crippen molar-refractivity contribution in [3.05, 3.63) is 40.6 Å². The number of carbonyl (C=O) groups excluding carboxylic acids is 6. The summed E-state index contributed by atoms with van der Waals surface area (Å²) in [7, 11) is -5.11. The molecule has 22 heteroatoms. The fourth-order valence-electron chi connectivity index (χ4n) is 6.35. The molecule has 3 heterocycles. The number of imidazole rings is 1. The van der Waals surface area contributed by atoms with Crippen molar-refractivity contribution in [2.45, 2.75) is 122 Å². The molecule has 2 aromatic rings. The maximum Gasteiger partial charge on any atom is 0.469 e. The summed E-state index contributed by atoms with van der Waals surface area (Å²) in [6, 6.07) is -2.97. The summed E-state index contributed by atoms with van der Waals surface area (Å²) in [6.07, 6.45) is 3.15. The van der Waals surface area contributed by atoms with Gasteiger partial charge in [-0.1, -0.05) is 19.9 Å². The highest BCUT2D eigenvalue weighted by Gasteiger charge is 2.38. The third kappa shape index (κ3) is 15.5. The number of nitrogens with zero attached hydrogens (tertiary/aromatic N) is 3. The van der Waals surface area contributed by atoms with Gasteiger partial charge in [-0.05, 0) is 63.8 Å². The minimum Gasteiger partial charge on any atom is -0.394 e. The third-order valence-corrected chi connectivity index (χ3v) is 10.7. The van der Waals surface area contributed by atoms with Crippen molar-refractivity contribution < 1.29 is 57.5 Å². The first-order valence-corrected chi connectivity index (χ1v) is 21.5. The lowest BCUT2D eigenvalue weighted by Gasteiger charge is -2.29. The smallest absolute Gasteiger partial charge is 0.394 e. The molecular weight excluding hydrogens is 799 g/mol. The Morgan fingerprint density at radius 2 is 1.67 bits per heavy atom. The van der Waals surface area contributed by atoms with Gasteiger partial charge in [0.25, 0.3) is 0 Å². The van der Waals surface area contributed by atoms with E-state index in [1.807, 2.05) is 45.2 Å². The van der Waals surface area contributed by atoms with E-state index in [2.05, 4.69) is 30.8 Å². The molecule has 3 rings (SSSR count). The van der Waals surface area contributed by atoms with E-state index in [4.69, 9.17) is 10.5 Å². The summed E-state index contributed by atoms with van der Waals surface area (Å²) in [5, 5.41) is 22.1. The number of aliphatic hydroxyl groups excluding tert-OH is 1. The van der Waals surface area contributed by atoms with Gasteiger partial charge in [-0.15, -0.1) is 11.3 Å². The number of primary amides is 1. The van der Waals surface area contributed by atoms with Crippen molar-refractivity contribution in [2.75, 3.05) is 19.8 Å². The number of amides is 6. The lowest BCUT2D eigenvalue weighted by atomic mass is 10.0. The van der Waals surface area contributed by atoms with Crippen molar-refractivity contribution in [1.29, 1.82) is 0 Å². The number of thiophene rings is 1. The molecule has 6 amide bonds. The second-order valence-electron chi connectivity index (χ2n) is 14.7.